The molecule has 0 aliphatic carbocycles. The number of hydrogen-bond donors (Lipinski definition) is 1. The molecule has 1 N–H and O–H groups in total. The van der Waals surface area contributed by atoms with Crippen LogP contribution in [0, 0.1) is 11.6 Å². The average molecular weight is 391 g/mol. The molecule has 0 radical (unpaired) electrons. The zero-order valence-electron chi connectivity index (χ0n) is 15.1. The lowest BCUT2D eigenvalue weighted by Crippen LogP contribution is -2.26. The summed E-state index contributed by atoms with van der Waals surface area (Å²) in [4.78, 5) is 18.9. The van der Waals surface area contributed by atoms with Gasteiger partial charge >= 0.3 is 0 Å². The van der Waals surface area contributed by atoms with E-state index in [9.17, 15) is 13.6 Å². The molecule has 144 valence electrons. The molecule has 0 bridgehead atoms. The number of aromatic nitrogens is 3. The Balaban J connectivity index is 1.43. The quantitative estimate of drug-likeness (QED) is 0.575. The largest absolute Gasteiger partial charge is 0.339 e. The van der Waals surface area contributed by atoms with Crippen molar-refractivity contribution in [3.63, 3.8) is 0 Å². The van der Waals surface area contributed by atoms with Gasteiger partial charge in [-0.1, -0.05) is 6.07 Å². The van der Waals surface area contributed by atoms with Crippen LogP contribution in [0.4, 0.5) is 20.3 Å². The van der Waals surface area contributed by atoms with Gasteiger partial charge < -0.3 is 10.2 Å². The fourth-order valence-electron chi connectivity index (χ4n) is 3.44. The minimum Gasteiger partial charge on any atom is -0.339 e. The van der Waals surface area contributed by atoms with E-state index in [4.69, 9.17) is 0 Å². The van der Waals surface area contributed by atoms with Gasteiger partial charge in [0.2, 0.25) is 0 Å². The summed E-state index contributed by atoms with van der Waals surface area (Å²) in [6, 6.07) is 13.9. The lowest BCUT2D eigenvalue weighted by molar-refractivity contribution is 0.0743. The van der Waals surface area contributed by atoms with Gasteiger partial charge in [-0.2, -0.15) is 0 Å². The van der Waals surface area contributed by atoms with Crippen molar-refractivity contribution in [2.75, 3.05) is 5.32 Å². The number of carbonyl (C=O) groups excluding carboxylic acids is 1. The minimum absolute atomic E-state index is 0.236. The highest BCUT2D eigenvalue weighted by Crippen LogP contribution is 2.25. The van der Waals surface area contributed by atoms with Crippen LogP contribution in [0.3, 0.4) is 0 Å². The van der Waals surface area contributed by atoms with Gasteiger partial charge in [-0.15, -0.1) is 5.10 Å². The van der Waals surface area contributed by atoms with E-state index < -0.39 is 0 Å². The van der Waals surface area contributed by atoms with Gasteiger partial charge in [-0.3, -0.25) is 4.79 Å². The first-order valence-electron chi connectivity index (χ1n) is 9.01. The van der Waals surface area contributed by atoms with Crippen LogP contribution < -0.4 is 5.32 Å². The highest BCUT2D eigenvalue weighted by molar-refractivity contribution is 5.93. The van der Waals surface area contributed by atoms with E-state index >= 15 is 0 Å². The number of hydrogen-bond acceptors (Lipinski definition) is 4. The Morgan fingerprint density at radius 3 is 2.52 bits per heavy atom. The summed E-state index contributed by atoms with van der Waals surface area (Å²) in [6.45, 7) is 0.752. The van der Waals surface area contributed by atoms with Crippen LogP contribution in [-0.2, 0) is 13.1 Å². The Hall–Kier alpha value is -3.81. The number of anilines is 2. The monoisotopic (exact) mass is 391 g/mol. The summed E-state index contributed by atoms with van der Waals surface area (Å²) in [5, 5.41) is 7.53. The van der Waals surface area contributed by atoms with Gasteiger partial charge in [-0.05, 0) is 59.7 Å². The third-order valence-corrected chi connectivity index (χ3v) is 4.88. The Kier molecular flexibility index (Phi) is 3.97. The van der Waals surface area contributed by atoms with Gasteiger partial charge in [0.05, 0.1) is 6.20 Å². The maximum Gasteiger partial charge on any atom is 0.274 e. The van der Waals surface area contributed by atoms with Crippen molar-refractivity contribution in [2.24, 2.45) is 0 Å². The molecule has 2 aromatic carbocycles. The maximum atomic E-state index is 13.5. The van der Waals surface area contributed by atoms with Gasteiger partial charge in [0, 0.05) is 18.8 Å². The van der Waals surface area contributed by atoms with E-state index in [1.165, 1.54) is 35.0 Å². The highest BCUT2D eigenvalue weighted by Gasteiger charge is 2.27. The molecule has 0 fully saturated rings. The highest BCUT2D eigenvalue weighted by atomic mass is 19.1. The molecular weight excluding hydrogens is 376 g/mol. The molecule has 29 heavy (non-hydrogen) atoms. The summed E-state index contributed by atoms with van der Waals surface area (Å²) < 4.78 is 28.0. The van der Waals surface area contributed by atoms with Crippen LogP contribution in [0.5, 0.6) is 0 Å². The second-order valence-electron chi connectivity index (χ2n) is 6.84. The topological polar surface area (TPSA) is 62.5 Å². The molecule has 0 saturated carbocycles. The van der Waals surface area contributed by atoms with E-state index in [1.54, 1.807) is 35.2 Å². The molecule has 3 heterocycles. The number of rotatable bonds is 3. The molecule has 1 amide bonds. The number of amides is 1. The van der Waals surface area contributed by atoms with Crippen molar-refractivity contribution in [1.82, 2.24) is 19.5 Å². The van der Waals surface area contributed by atoms with Crippen molar-refractivity contribution >= 4 is 23.1 Å². The number of imidazole rings is 1. The second-order valence-corrected chi connectivity index (χ2v) is 6.84. The number of benzene rings is 2. The first-order valence-corrected chi connectivity index (χ1v) is 9.01. The number of carbonyl (C=O) groups is 1. The van der Waals surface area contributed by atoms with Crippen LogP contribution in [-0.4, -0.2) is 25.4 Å². The Morgan fingerprint density at radius 1 is 0.931 bits per heavy atom. The van der Waals surface area contributed by atoms with E-state index in [-0.39, 0.29) is 17.5 Å². The normalized spacial score (nSPS) is 13.0. The van der Waals surface area contributed by atoms with Crippen LogP contribution >= 0.6 is 0 Å². The Morgan fingerprint density at radius 2 is 1.69 bits per heavy atom. The maximum absolute atomic E-state index is 13.5. The van der Waals surface area contributed by atoms with Gasteiger partial charge in [-0.25, -0.2) is 18.3 Å². The molecule has 0 spiro atoms. The van der Waals surface area contributed by atoms with E-state index in [0.717, 1.165) is 11.1 Å². The van der Waals surface area contributed by atoms with Crippen LogP contribution in [0.1, 0.15) is 21.6 Å². The number of fused-ring (bicyclic) bond motifs is 2. The molecule has 4 aromatic rings. The Labute approximate surface area is 164 Å². The number of nitrogens with one attached hydrogen (secondary N) is 1. The predicted octanol–water partition coefficient (Wildman–Crippen LogP) is 3.91. The van der Waals surface area contributed by atoms with Gasteiger partial charge in [0.15, 0.2) is 17.2 Å². The first kappa shape index (κ1) is 17.3. The van der Waals surface area contributed by atoms with Crippen molar-refractivity contribution in [3.05, 3.63) is 89.2 Å². The van der Waals surface area contributed by atoms with Gasteiger partial charge in [0.1, 0.15) is 11.6 Å². The summed E-state index contributed by atoms with van der Waals surface area (Å²) in [5.74, 6) is -0.387. The minimum atomic E-state index is -0.326. The Bertz CT molecular complexity index is 1240. The van der Waals surface area contributed by atoms with Crippen molar-refractivity contribution in [1.29, 1.82) is 0 Å². The molecule has 1 aliphatic heterocycles. The van der Waals surface area contributed by atoms with Gasteiger partial charge in [0.25, 0.3) is 5.91 Å². The van der Waals surface area contributed by atoms with E-state index in [2.05, 4.69) is 15.4 Å². The molecule has 1 aliphatic rings. The third kappa shape index (κ3) is 3.18. The van der Waals surface area contributed by atoms with Crippen LogP contribution in [0.15, 0.2) is 60.8 Å². The lowest BCUT2D eigenvalue weighted by Gasteiger charge is -2.14. The van der Waals surface area contributed by atoms with Crippen molar-refractivity contribution in [3.8, 4) is 0 Å². The van der Waals surface area contributed by atoms with Crippen LogP contribution in [0.2, 0.25) is 0 Å². The first-order chi connectivity index (χ1) is 14.1. The summed E-state index contributed by atoms with van der Waals surface area (Å²) in [7, 11) is 0. The average Bonchev–Trinajstić information content (AvgIpc) is 3.32. The second kappa shape index (κ2) is 6.66. The zero-order valence-corrected chi connectivity index (χ0v) is 15.1. The number of nitrogens with zero attached hydrogens (tertiary/aromatic N) is 4. The molecule has 0 saturated heterocycles. The summed E-state index contributed by atoms with van der Waals surface area (Å²) >= 11 is 0. The predicted molar refractivity (Wildman–Crippen MR) is 103 cm³/mol. The fourth-order valence-corrected chi connectivity index (χ4v) is 3.44. The molecule has 0 atom stereocenters. The molecule has 2 aromatic heterocycles. The summed E-state index contributed by atoms with van der Waals surface area (Å²) in [6.07, 6.45) is 1.48. The molecular formula is C21H15F2N5O. The molecule has 5 rings (SSSR count). The van der Waals surface area contributed by atoms with Crippen molar-refractivity contribution in [2.45, 2.75) is 13.1 Å². The zero-order chi connectivity index (χ0) is 20.0. The lowest BCUT2D eigenvalue weighted by atomic mass is 10.1. The molecule has 6 nitrogen and oxygen atoms in total. The smallest absolute Gasteiger partial charge is 0.274 e. The summed E-state index contributed by atoms with van der Waals surface area (Å²) in [5.41, 5.74) is 3.25. The van der Waals surface area contributed by atoms with Crippen molar-refractivity contribution < 1.29 is 13.6 Å². The standard InChI is InChI=1S/C21H15F2N5O/c22-15-3-5-17(6-4-15)25-19-7-8-20-24-10-18(28(20)26-19)21(29)27-11-13-1-2-16(23)9-14(13)12-27/h1-10H,11-12H2,(H,25,26). The molecule has 8 heteroatoms. The SMILES string of the molecule is O=C(c1cnc2ccc(Nc3ccc(F)cc3)nn12)N1Cc2ccc(F)cc2C1. The molecule has 0 unspecified atom stereocenters. The van der Waals surface area contributed by atoms with E-state index in [0.29, 0.717) is 35.9 Å². The third-order valence-electron chi connectivity index (χ3n) is 4.88. The van der Waals surface area contributed by atoms with Crippen LogP contribution in [0.25, 0.3) is 5.65 Å². The number of halogens is 2. The van der Waals surface area contributed by atoms with E-state index in [1.807, 2.05) is 0 Å². The fraction of sp³-hybridized carbons (Fsp3) is 0.0952.